The molecular weight excluding hydrogens is 194 g/mol. The van der Waals surface area contributed by atoms with Crippen molar-refractivity contribution in [3.05, 3.63) is 17.8 Å². The molecule has 2 N–H and O–H groups in total. The van der Waals surface area contributed by atoms with Gasteiger partial charge in [0.05, 0.1) is 12.7 Å². The number of amides is 1. The number of oxazole rings is 1. The van der Waals surface area contributed by atoms with Gasteiger partial charge in [0.1, 0.15) is 5.76 Å². The number of carbonyl (C=O) groups excluding carboxylic acids is 1. The minimum Gasteiger partial charge on any atom is -0.445 e. The predicted molar refractivity (Wildman–Crippen MR) is 56.2 cm³/mol. The van der Waals surface area contributed by atoms with E-state index >= 15 is 0 Å². The van der Waals surface area contributed by atoms with Crippen LogP contribution in [-0.2, 0) is 11.3 Å². The first-order valence-electron chi connectivity index (χ1n) is 5.11. The molecule has 0 fully saturated rings. The Morgan fingerprint density at radius 3 is 3.00 bits per heavy atom. The Labute approximate surface area is 89.3 Å². The van der Waals surface area contributed by atoms with Crippen LogP contribution in [0, 0.1) is 6.92 Å². The third-order valence-electron chi connectivity index (χ3n) is 1.85. The second-order valence-corrected chi connectivity index (χ2v) is 3.24. The lowest BCUT2D eigenvalue weighted by Crippen LogP contribution is -2.27. The summed E-state index contributed by atoms with van der Waals surface area (Å²) in [6.07, 6.45) is 2.16. The highest BCUT2D eigenvalue weighted by Gasteiger charge is 2.01. The molecule has 0 aliphatic rings. The number of aromatic nitrogens is 1. The Balaban J connectivity index is 2.09. The summed E-state index contributed by atoms with van der Waals surface area (Å²) in [5.41, 5.74) is 0. The van der Waals surface area contributed by atoms with Gasteiger partial charge in [0.2, 0.25) is 11.8 Å². The Hall–Kier alpha value is -1.36. The maximum atomic E-state index is 11.1. The zero-order valence-electron chi connectivity index (χ0n) is 9.17. The van der Waals surface area contributed by atoms with E-state index < -0.39 is 0 Å². The Morgan fingerprint density at radius 1 is 1.60 bits per heavy atom. The summed E-state index contributed by atoms with van der Waals surface area (Å²) >= 11 is 0. The highest BCUT2D eigenvalue weighted by Crippen LogP contribution is 2.00. The molecule has 0 aliphatic carbocycles. The van der Waals surface area contributed by atoms with E-state index in [2.05, 4.69) is 15.6 Å². The molecule has 15 heavy (non-hydrogen) atoms. The molecule has 1 amide bonds. The van der Waals surface area contributed by atoms with Gasteiger partial charge in [0.15, 0.2) is 0 Å². The highest BCUT2D eigenvalue weighted by atomic mass is 16.4. The molecule has 0 aliphatic heterocycles. The molecule has 0 unspecified atom stereocenters. The molecule has 84 valence electrons. The van der Waals surface area contributed by atoms with Crippen LogP contribution < -0.4 is 10.6 Å². The molecule has 1 aromatic heterocycles. The van der Waals surface area contributed by atoms with Gasteiger partial charge in [-0.2, -0.15) is 0 Å². The second kappa shape index (κ2) is 6.19. The second-order valence-electron chi connectivity index (χ2n) is 3.24. The fourth-order valence-electron chi connectivity index (χ4n) is 1.17. The van der Waals surface area contributed by atoms with Crippen molar-refractivity contribution in [3.8, 4) is 0 Å². The minimum absolute atomic E-state index is 0.0635. The van der Waals surface area contributed by atoms with Crippen molar-refractivity contribution in [2.24, 2.45) is 0 Å². The third-order valence-corrected chi connectivity index (χ3v) is 1.85. The van der Waals surface area contributed by atoms with Crippen molar-refractivity contribution in [1.82, 2.24) is 15.6 Å². The summed E-state index contributed by atoms with van der Waals surface area (Å²) < 4.78 is 5.26. The maximum absolute atomic E-state index is 11.1. The average molecular weight is 211 g/mol. The van der Waals surface area contributed by atoms with Gasteiger partial charge < -0.3 is 15.1 Å². The van der Waals surface area contributed by atoms with Gasteiger partial charge in [0, 0.05) is 19.5 Å². The number of aryl methyl sites for hydroxylation is 1. The predicted octanol–water partition coefficient (Wildman–Crippen LogP) is 0.599. The fourth-order valence-corrected chi connectivity index (χ4v) is 1.17. The zero-order valence-corrected chi connectivity index (χ0v) is 9.17. The van der Waals surface area contributed by atoms with Crippen LogP contribution in [-0.4, -0.2) is 24.0 Å². The maximum Gasteiger partial charge on any atom is 0.221 e. The lowest BCUT2D eigenvalue weighted by molar-refractivity contribution is -0.120. The average Bonchev–Trinajstić information content (AvgIpc) is 2.60. The number of nitrogens with zero attached hydrogens (tertiary/aromatic N) is 1. The van der Waals surface area contributed by atoms with Crippen LogP contribution >= 0.6 is 0 Å². The van der Waals surface area contributed by atoms with Crippen LogP contribution in [0.25, 0.3) is 0 Å². The monoisotopic (exact) mass is 211 g/mol. The highest BCUT2D eigenvalue weighted by molar-refractivity contribution is 5.75. The van der Waals surface area contributed by atoms with E-state index in [-0.39, 0.29) is 5.91 Å². The topological polar surface area (TPSA) is 67.2 Å². The van der Waals surface area contributed by atoms with Crippen LogP contribution in [0.2, 0.25) is 0 Å². The molecule has 5 nitrogen and oxygen atoms in total. The van der Waals surface area contributed by atoms with Crippen molar-refractivity contribution in [3.63, 3.8) is 0 Å². The van der Waals surface area contributed by atoms with Crippen LogP contribution in [0.4, 0.5) is 0 Å². The molecule has 0 saturated carbocycles. The molecule has 0 bridgehead atoms. The number of hydrogen-bond acceptors (Lipinski definition) is 4. The summed E-state index contributed by atoms with van der Waals surface area (Å²) in [7, 11) is 0. The summed E-state index contributed by atoms with van der Waals surface area (Å²) in [5.74, 6) is 1.52. The summed E-state index contributed by atoms with van der Waals surface area (Å²) in [5, 5.41) is 5.82. The van der Waals surface area contributed by atoms with Crippen LogP contribution in [0.15, 0.2) is 10.6 Å². The molecule has 0 aromatic carbocycles. The van der Waals surface area contributed by atoms with Crippen LogP contribution in [0.5, 0.6) is 0 Å². The van der Waals surface area contributed by atoms with Gasteiger partial charge in [-0.15, -0.1) is 0 Å². The van der Waals surface area contributed by atoms with Crippen molar-refractivity contribution in [2.45, 2.75) is 26.8 Å². The van der Waals surface area contributed by atoms with Gasteiger partial charge in [-0.25, -0.2) is 4.98 Å². The zero-order chi connectivity index (χ0) is 11.1. The van der Waals surface area contributed by atoms with Crippen LogP contribution in [0.3, 0.4) is 0 Å². The summed E-state index contributed by atoms with van der Waals surface area (Å²) in [4.78, 5) is 15.1. The summed E-state index contributed by atoms with van der Waals surface area (Å²) in [6.45, 7) is 5.63. The SMILES string of the molecule is CCNC(=O)CCNCc1ncc(C)o1. The molecule has 0 saturated heterocycles. The van der Waals surface area contributed by atoms with E-state index in [1.54, 1.807) is 6.20 Å². The smallest absolute Gasteiger partial charge is 0.221 e. The van der Waals surface area contributed by atoms with Gasteiger partial charge in [-0.1, -0.05) is 0 Å². The summed E-state index contributed by atoms with van der Waals surface area (Å²) in [6, 6.07) is 0. The first kappa shape index (κ1) is 11.7. The molecule has 1 rings (SSSR count). The van der Waals surface area contributed by atoms with E-state index in [0.29, 0.717) is 31.9 Å². The largest absolute Gasteiger partial charge is 0.445 e. The molecule has 1 heterocycles. The van der Waals surface area contributed by atoms with E-state index in [9.17, 15) is 4.79 Å². The number of rotatable bonds is 6. The van der Waals surface area contributed by atoms with Crippen molar-refractivity contribution in [1.29, 1.82) is 0 Å². The first-order chi connectivity index (χ1) is 7.22. The Bertz CT molecular complexity index is 309. The van der Waals surface area contributed by atoms with Crippen LogP contribution in [0.1, 0.15) is 25.0 Å². The van der Waals surface area contributed by atoms with Gasteiger partial charge in [-0.05, 0) is 13.8 Å². The lowest BCUT2D eigenvalue weighted by atomic mass is 10.4. The quantitative estimate of drug-likeness (QED) is 0.676. The minimum atomic E-state index is 0.0635. The van der Waals surface area contributed by atoms with Crippen molar-refractivity contribution in [2.75, 3.05) is 13.1 Å². The number of carbonyl (C=O) groups is 1. The molecule has 0 spiro atoms. The molecular formula is C10H17N3O2. The first-order valence-corrected chi connectivity index (χ1v) is 5.11. The number of hydrogen-bond donors (Lipinski definition) is 2. The number of nitrogens with one attached hydrogen (secondary N) is 2. The van der Waals surface area contributed by atoms with E-state index in [1.165, 1.54) is 0 Å². The molecule has 0 radical (unpaired) electrons. The van der Waals surface area contributed by atoms with Crippen molar-refractivity contribution >= 4 is 5.91 Å². The Morgan fingerprint density at radius 2 is 2.40 bits per heavy atom. The van der Waals surface area contributed by atoms with Gasteiger partial charge >= 0.3 is 0 Å². The fraction of sp³-hybridized carbons (Fsp3) is 0.600. The normalized spacial score (nSPS) is 10.3. The van der Waals surface area contributed by atoms with E-state index in [4.69, 9.17) is 4.42 Å². The molecule has 1 aromatic rings. The lowest BCUT2D eigenvalue weighted by Gasteiger charge is -2.02. The van der Waals surface area contributed by atoms with E-state index in [1.807, 2.05) is 13.8 Å². The third kappa shape index (κ3) is 4.60. The molecule has 0 atom stereocenters. The van der Waals surface area contributed by atoms with E-state index in [0.717, 1.165) is 5.76 Å². The van der Waals surface area contributed by atoms with Crippen molar-refractivity contribution < 1.29 is 9.21 Å². The van der Waals surface area contributed by atoms with Gasteiger partial charge in [-0.3, -0.25) is 4.79 Å². The Kier molecular flexibility index (Phi) is 4.83. The standard InChI is InChI=1S/C10H17N3O2/c1-3-12-9(14)4-5-11-7-10-13-6-8(2)15-10/h6,11H,3-5,7H2,1-2H3,(H,12,14). The van der Waals surface area contributed by atoms with Gasteiger partial charge in [0.25, 0.3) is 0 Å². The molecule has 5 heteroatoms.